The molecule has 0 rings (SSSR count). The van der Waals surface area contributed by atoms with Gasteiger partial charge in [0.2, 0.25) is 5.91 Å². The summed E-state index contributed by atoms with van der Waals surface area (Å²) in [6.07, 6.45) is 9.17. The average molecular weight is 238 g/mol. The Hall–Kier alpha value is -1.04. The SMILES string of the molecule is CCCCCCCCCC(=O)NCC(C)C#N. The molecule has 17 heavy (non-hydrogen) atoms. The summed E-state index contributed by atoms with van der Waals surface area (Å²) in [5.41, 5.74) is 0. The molecule has 0 aliphatic carbocycles. The number of hydrogen-bond donors (Lipinski definition) is 1. The van der Waals surface area contributed by atoms with Gasteiger partial charge in [0.05, 0.1) is 12.0 Å². The molecule has 0 saturated heterocycles. The minimum absolute atomic E-state index is 0.0839. The van der Waals surface area contributed by atoms with Gasteiger partial charge in [0.1, 0.15) is 0 Å². The lowest BCUT2D eigenvalue weighted by molar-refractivity contribution is -0.121. The Morgan fingerprint density at radius 3 is 2.35 bits per heavy atom. The summed E-state index contributed by atoms with van der Waals surface area (Å²) in [6.45, 7) is 4.51. The van der Waals surface area contributed by atoms with Gasteiger partial charge in [-0.2, -0.15) is 5.26 Å². The van der Waals surface area contributed by atoms with Gasteiger partial charge in [0.15, 0.2) is 0 Å². The predicted octanol–water partition coefficient (Wildman–Crippen LogP) is 3.40. The number of unbranched alkanes of at least 4 members (excludes halogenated alkanes) is 6. The summed E-state index contributed by atoms with van der Waals surface area (Å²) >= 11 is 0. The number of carbonyl (C=O) groups excluding carboxylic acids is 1. The van der Waals surface area contributed by atoms with Gasteiger partial charge in [-0.25, -0.2) is 0 Å². The number of rotatable bonds is 10. The van der Waals surface area contributed by atoms with Crippen LogP contribution in [0.2, 0.25) is 0 Å². The zero-order valence-electron chi connectivity index (χ0n) is 11.3. The van der Waals surface area contributed by atoms with Crippen LogP contribution in [0.4, 0.5) is 0 Å². The second-order valence-corrected chi connectivity index (χ2v) is 4.71. The van der Waals surface area contributed by atoms with Crippen LogP contribution in [0.3, 0.4) is 0 Å². The molecule has 1 atom stereocenters. The highest BCUT2D eigenvalue weighted by molar-refractivity contribution is 5.75. The van der Waals surface area contributed by atoms with Crippen molar-refractivity contribution in [2.24, 2.45) is 5.92 Å². The summed E-state index contributed by atoms with van der Waals surface area (Å²) in [5, 5.41) is 11.3. The predicted molar refractivity (Wildman–Crippen MR) is 70.4 cm³/mol. The van der Waals surface area contributed by atoms with Crippen LogP contribution in [-0.4, -0.2) is 12.5 Å². The second kappa shape index (κ2) is 11.4. The molecule has 0 radical (unpaired) electrons. The lowest BCUT2D eigenvalue weighted by Gasteiger charge is -2.06. The average Bonchev–Trinajstić information content (AvgIpc) is 2.34. The molecular weight excluding hydrogens is 212 g/mol. The maximum atomic E-state index is 11.4. The van der Waals surface area contributed by atoms with E-state index in [0.29, 0.717) is 13.0 Å². The number of nitrogens with one attached hydrogen (secondary N) is 1. The first-order valence-electron chi connectivity index (χ1n) is 6.87. The van der Waals surface area contributed by atoms with E-state index in [1.807, 2.05) is 6.92 Å². The maximum Gasteiger partial charge on any atom is 0.220 e. The zero-order chi connectivity index (χ0) is 12.9. The van der Waals surface area contributed by atoms with Crippen molar-refractivity contribution in [1.29, 1.82) is 5.26 Å². The second-order valence-electron chi connectivity index (χ2n) is 4.71. The summed E-state index contributed by atoms with van der Waals surface area (Å²) < 4.78 is 0. The van der Waals surface area contributed by atoms with E-state index in [9.17, 15) is 4.79 Å². The monoisotopic (exact) mass is 238 g/mol. The standard InChI is InChI=1S/C14H26N2O/c1-3-4-5-6-7-8-9-10-14(17)16-12-13(2)11-15/h13H,3-10,12H2,1-2H3,(H,16,17). The van der Waals surface area contributed by atoms with E-state index in [1.54, 1.807) is 0 Å². The number of hydrogen-bond acceptors (Lipinski definition) is 2. The van der Waals surface area contributed by atoms with Crippen molar-refractivity contribution in [3.8, 4) is 6.07 Å². The lowest BCUT2D eigenvalue weighted by Crippen LogP contribution is -2.27. The lowest BCUT2D eigenvalue weighted by atomic mass is 10.1. The number of nitrogens with zero attached hydrogens (tertiary/aromatic N) is 1. The van der Waals surface area contributed by atoms with Crippen molar-refractivity contribution in [3.05, 3.63) is 0 Å². The van der Waals surface area contributed by atoms with Crippen LogP contribution in [0.15, 0.2) is 0 Å². The molecule has 0 bridgehead atoms. The van der Waals surface area contributed by atoms with Gasteiger partial charge in [0.25, 0.3) is 0 Å². The molecule has 0 spiro atoms. The van der Waals surface area contributed by atoms with Gasteiger partial charge in [0, 0.05) is 13.0 Å². The fourth-order valence-corrected chi connectivity index (χ4v) is 1.64. The van der Waals surface area contributed by atoms with E-state index >= 15 is 0 Å². The van der Waals surface area contributed by atoms with Crippen LogP contribution in [0, 0.1) is 17.2 Å². The summed E-state index contributed by atoms with van der Waals surface area (Å²) in [6, 6.07) is 2.10. The van der Waals surface area contributed by atoms with Gasteiger partial charge in [-0.3, -0.25) is 4.79 Å². The molecule has 0 aliphatic rings. The molecule has 0 aromatic carbocycles. The molecule has 1 amide bonds. The fourth-order valence-electron chi connectivity index (χ4n) is 1.64. The maximum absolute atomic E-state index is 11.4. The molecule has 1 unspecified atom stereocenters. The normalized spacial score (nSPS) is 11.8. The molecule has 0 saturated carbocycles. The van der Waals surface area contributed by atoms with Gasteiger partial charge < -0.3 is 5.32 Å². The molecular formula is C14H26N2O. The molecule has 1 N–H and O–H groups in total. The van der Waals surface area contributed by atoms with Crippen LogP contribution < -0.4 is 5.32 Å². The molecule has 0 fully saturated rings. The van der Waals surface area contributed by atoms with E-state index in [4.69, 9.17) is 5.26 Å². The van der Waals surface area contributed by atoms with Crippen molar-refractivity contribution in [1.82, 2.24) is 5.32 Å². The first-order chi connectivity index (χ1) is 8.20. The first kappa shape index (κ1) is 16.0. The minimum Gasteiger partial charge on any atom is -0.355 e. The molecule has 0 aliphatic heterocycles. The van der Waals surface area contributed by atoms with Crippen LogP contribution in [0.25, 0.3) is 0 Å². The van der Waals surface area contributed by atoms with Crippen LogP contribution in [0.5, 0.6) is 0 Å². The van der Waals surface area contributed by atoms with Gasteiger partial charge in [-0.05, 0) is 13.3 Å². The molecule has 0 aromatic heterocycles. The van der Waals surface area contributed by atoms with Crippen molar-refractivity contribution < 1.29 is 4.79 Å². The van der Waals surface area contributed by atoms with E-state index in [0.717, 1.165) is 12.8 Å². The fraction of sp³-hybridized carbons (Fsp3) is 0.857. The third-order valence-electron chi connectivity index (χ3n) is 2.83. The third kappa shape index (κ3) is 11.2. The van der Waals surface area contributed by atoms with Crippen LogP contribution in [-0.2, 0) is 4.79 Å². The molecule has 98 valence electrons. The van der Waals surface area contributed by atoms with Crippen LogP contribution >= 0.6 is 0 Å². The van der Waals surface area contributed by atoms with E-state index in [1.165, 1.54) is 32.1 Å². The highest BCUT2D eigenvalue weighted by Gasteiger charge is 2.03. The number of carbonyl (C=O) groups is 1. The minimum atomic E-state index is -0.0898. The molecule has 3 heteroatoms. The third-order valence-corrected chi connectivity index (χ3v) is 2.83. The Bertz CT molecular complexity index is 233. The Labute approximate surface area is 106 Å². The molecule has 3 nitrogen and oxygen atoms in total. The zero-order valence-corrected chi connectivity index (χ0v) is 11.3. The summed E-state index contributed by atoms with van der Waals surface area (Å²) in [7, 11) is 0. The molecule has 0 aromatic rings. The van der Waals surface area contributed by atoms with Crippen molar-refractivity contribution in [2.45, 2.75) is 65.2 Å². The van der Waals surface area contributed by atoms with Gasteiger partial charge >= 0.3 is 0 Å². The smallest absolute Gasteiger partial charge is 0.220 e. The molecule has 0 heterocycles. The van der Waals surface area contributed by atoms with Crippen molar-refractivity contribution in [3.63, 3.8) is 0 Å². The first-order valence-corrected chi connectivity index (χ1v) is 6.87. The topological polar surface area (TPSA) is 52.9 Å². The summed E-state index contributed by atoms with van der Waals surface area (Å²) in [5.74, 6) is -0.00588. The number of amides is 1. The summed E-state index contributed by atoms with van der Waals surface area (Å²) in [4.78, 5) is 11.4. The quantitative estimate of drug-likeness (QED) is 0.593. The van der Waals surface area contributed by atoms with Gasteiger partial charge in [-0.15, -0.1) is 0 Å². The highest BCUT2D eigenvalue weighted by atomic mass is 16.1. The Balaban J connectivity index is 3.25. The number of nitriles is 1. The van der Waals surface area contributed by atoms with Crippen LogP contribution in [0.1, 0.15) is 65.2 Å². The largest absolute Gasteiger partial charge is 0.355 e. The van der Waals surface area contributed by atoms with E-state index < -0.39 is 0 Å². The van der Waals surface area contributed by atoms with E-state index in [2.05, 4.69) is 18.3 Å². The van der Waals surface area contributed by atoms with Crippen molar-refractivity contribution >= 4 is 5.91 Å². The van der Waals surface area contributed by atoms with Crippen molar-refractivity contribution in [2.75, 3.05) is 6.54 Å². The highest BCUT2D eigenvalue weighted by Crippen LogP contribution is 2.08. The Morgan fingerprint density at radius 1 is 1.18 bits per heavy atom. The Morgan fingerprint density at radius 2 is 1.76 bits per heavy atom. The van der Waals surface area contributed by atoms with E-state index in [-0.39, 0.29) is 11.8 Å². The Kier molecular flexibility index (Phi) is 10.7. The van der Waals surface area contributed by atoms with Gasteiger partial charge in [-0.1, -0.05) is 45.4 Å².